The summed E-state index contributed by atoms with van der Waals surface area (Å²) in [6.07, 6.45) is 3.75. The van der Waals surface area contributed by atoms with E-state index in [2.05, 4.69) is 0 Å². The quantitative estimate of drug-likeness (QED) is 0.175. The van der Waals surface area contributed by atoms with Crippen molar-refractivity contribution in [1.82, 2.24) is 0 Å². The minimum atomic E-state index is -2.37. The van der Waals surface area contributed by atoms with Gasteiger partial charge in [-0.2, -0.15) is 0 Å². The second-order valence-electron chi connectivity index (χ2n) is 17.4. The Hall–Kier alpha value is -3.73. The molecular weight excluding hydrogens is 851 g/mol. The molecule has 12 N–H and O–H groups in total. The second-order valence-corrected chi connectivity index (χ2v) is 17.4. The second kappa shape index (κ2) is 27.2. The average molecular weight is 922 g/mol. The van der Waals surface area contributed by atoms with Crippen molar-refractivity contribution in [2.45, 2.75) is 170 Å². The van der Waals surface area contributed by atoms with E-state index < -0.39 is 153 Å². The van der Waals surface area contributed by atoms with E-state index in [1.807, 2.05) is 13.0 Å². The van der Waals surface area contributed by atoms with E-state index in [0.29, 0.717) is 0 Å². The van der Waals surface area contributed by atoms with Crippen LogP contribution in [0, 0.1) is 17.8 Å². The molecule has 0 radical (unpaired) electrons. The maximum atomic E-state index is 12.7. The van der Waals surface area contributed by atoms with Crippen molar-refractivity contribution in [1.29, 1.82) is 0 Å². The number of Topliss-reactive ketones (excluding diaryl/α,β-unsaturated/α-hetero) is 1. The fourth-order valence-corrected chi connectivity index (χ4v) is 7.81. The van der Waals surface area contributed by atoms with Crippen LogP contribution in [0.15, 0.2) is 85.1 Å². The van der Waals surface area contributed by atoms with Crippen LogP contribution in [0.25, 0.3) is 0 Å². The summed E-state index contributed by atoms with van der Waals surface area (Å²) in [5, 5.41) is 107. The van der Waals surface area contributed by atoms with Crippen LogP contribution in [0.4, 0.5) is 0 Å². The number of hydrogen-bond donors (Lipinski definition) is 11. The summed E-state index contributed by atoms with van der Waals surface area (Å²) in [5.41, 5.74) is 6.01. The minimum Gasteiger partial charge on any atom is -0.481 e. The van der Waals surface area contributed by atoms with Crippen LogP contribution < -0.4 is 5.73 Å². The van der Waals surface area contributed by atoms with Gasteiger partial charge in [-0.1, -0.05) is 98.9 Å². The maximum Gasteiger partial charge on any atom is 0.311 e. The summed E-state index contributed by atoms with van der Waals surface area (Å²) in [4.78, 5) is 37.7. The van der Waals surface area contributed by atoms with E-state index in [9.17, 15) is 65.4 Å². The number of fused-ring (bicyclic) bond motifs is 2. The molecule has 2 fully saturated rings. The number of ketones is 1. The van der Waals surface area contributed by atoms with Gasteiger partial charge in [0.05, 0.1) is 73.5 Å². The molecule has 0 spiro atoms. The van der Waals surface area contributed by atoms with Crippen LogP contribution in [0.3, 0.4) is 0 Å². The number of nitrogens with two attached hydrogens (primary N) is 1. The zero-order chi connectivity index (χ0) is 48.4. The molecule has 18 atom stereocenters. The first-order chi connectivity index (χ1) is 30.6. The number of carboxylic acid groups (broad SMARTS) is 1. The van der Waals surface area contributed by atoms with Gasteiger partial charge >= 0.3 is 11.9 Å². The van der Waals surface area contributed by atoms with Gasteiger partial charge in [0, 0.05) is 43.9 Å². The molecule has 3 aliphatic rings. The molecule has 0 aromatic carbocycles. The molecule has 0 aromatic rings. The third-order valence-corrected chi connectivity index (χ3v) is 11.9. The number of cyclic esters (lactones) is 1. The van der Waals surface area contributed by atoms with E-state index in [-0.39, 0.29) is 25.2 Å². The van der Waals surface area contributed by atoms with Gasteiger partial charge in [0.15, 0.2) is 12.1 Å². The predicted octanol–water partition coefficient (Wildman–Crippen LogP) is 0.920. The molecule has 0 aromatic heterocycles. The average Bonchev–Trinajstić information content (AvgIpc) is 3.21. The molecule has 18 heteroatoms. The molecule has 2 bridgehead atoms. The lowest BCUT2D eigenvalue weighted by Gasteiger charge is -2.45. The van der Waals surface area contributed by atoms with Crippen LogP contribution >= 0.6 is 0 Å². The van der Waals surface area contributed by atoms with E-state index in [0.717, 1.165) is 0 Å². The SMILES string of the molecule is CC1/C=C/C=C/C=C/C=C/C=C/C=C/C=C/C(OC2O[C@H](C)[C@@H](O)[C@H](N)[C@@H]2O)CC2OC(O)(CC(O)C(O)CCC(O)CC(=O)CC(O)CC(=O)OC(C)C(C)C1O)CC(O)C2C(=O)O. The lowest BCUT2D eigenvalue weighted by molar-refractivity contribution is -0.310. The van der Waals surface area contributed by atoms with Crippen molar-refractivity contribution >= 4 is 17.7 Å². The van der Waals surface area contributed by atoms with E-state index >= 15 is 0 Å². The molecular formula is C47H71NO17. The summed E-state index contributed by atoms with van der Waals surface area (Å²) in [5.74, 6) is -7.57. The molecule has 18 nitrogen and oxygen atoms in total. The molecule has 3 rings (SSSR count). The Morgan fingerprint density at radius 3 is 1.80 bits per heavy atom. The normalized spacial score (nSPS) is 44.4. The number of rotatable bonds is 3. The van der Waals surface area contributed by atoms with Crippen molar-refractivity contribution in [3.05, 3.63) is 85.1 Å². The number of aliphatic hydroxyl groups excluding tert-OH is 8. The summed E-state index contributed by atoms with van der Waals surface area (Å²) >= 11 is 0. The van der Waals surface area contributed by atoms with Gasteiger partial charge in [-0.05, 0) is 26.7 Å². The Morgan fingerprint density at radius 2 is 1.22 bits per heavy atom. The highest BCUT2D eigenvalue weighted by molar-refractivity contribution is 5.80. The Balaban J connectivity index is 1.86. The first-order valence-electron chi connectivity index (χ1n) is 22.2. The van der Waals surface area contributed by atoms with Crippen LogP contribution in [0.2, 0.25) is 0 Å². The van der Waals surface area contributed by atoms with E-state index in [1.54, 1.807) is 86.8 Å². The van der Waals surface area contributed by atoms with Crippen LogP contribution in [-0.4, -0.2) is 160 Å². The number of aliphatic hydroxyl groups is 9. The lowest BCUT2D eigenvalue weighted by Crippen LogP contribution is -2.61. The number of aliphatic carboxylic acids is 1. The highest BCUT2D eigenvalue weighted by Crippen LogP contribution is 2.38. The Bertz CT molecular complexity index is 1710. The van der Waals surface area contributed by atoms with Gasteiger partial charge in [0.2, 0.25) is 0 Å². The fourth-order valence-electron chi connectivity index (χ4n) is 7.81. The molecule has 366 valence electrons. The third-order valence-electron chi connectivity index (χ3n) is 11.9. The highest BCUT2D eigenvalue weighted by Gasteiger charge is 2.51. The molecule has 0 aliphatic carbocycles. The van der Waals surface area contributed by atoms with Crippen molar-refractivity contribution in [2.75, 3.05) is 0 Å². The fraction of sp³-hybridized carbons (Fsp3) is 0.638. The summed E-state index contributed by atoms with van der Waals surface area (Å²) in [6.45, 7) is 6.69. The maximum absolute atomic E-state index is 12.7. The Labute approximate surface area is 380 Å². The van der Waals surface area contributed by atoms with E-state index in [1.165, 1.54) is 13.0 Å². The van der Waals surface area contributed by atoms with Crippen LogP contribution in [0.5, 0.6) is 0 Å². The lowest BCUT2D eigenvalue weighted by atomic mass is 9.82. The van der Waals surface area contributed by atoms with Crippen LogP contribution in [0.1, 0.15) is 79.1 Å². The number of carbonyl (C=O) groups excluding carboxylic acids is 2. The van der Waals surface area contributed by atoms with E-state index in [4.69, 9.17) is 24.7 Å². The number of hydrogen-bond acceptors (Lipinski definition) is 17. The molecule has 3 aliphatic heterocycles. The summed E-state index contributed by atoms with van der Waals surface area (Å²) in [6, 6.07) is -1.15. The first kappa shape index (κ1) is 55.6. The van der Waals surface area contributed by atoms with Crippen molar-refractivity contribution in [3.63, 3.8) is 0 Å². The topological polar surface area (TPSA) is 316 Å². The molecule has 2 saturated heterocycles. The number of ether oxygens (including phenoxy) is 4. The monoisotopic (exact) mass is 921 g/mol. The zero-order valence-electron chi connectivity index (χ0n) is 37.5. The van der Waals surface area contributed by atoms with Gasteiger partial charge in [0.25, 0.3) is 0 Å². The number of carbonyl (C=O) groups is 3. The first-order valence-corrected chi connectivity index (χ1v) is 22.2. The standard InChI is InChI=1S/C47H71NO17/c1-27-17-15-13-11-9-7-5-6-8-10-12-14-16-18-34(64-46-44(58)41(48)43(57)30(4)63-46)24-38-40(45(59)60)37(54)26-47(61,65-38)25-36(53)35(52)20-19-31(49)21-32(50)22-33(51)23-39(55)62-29(3)28(2)42(27)56/h5-18,27-31,33-38,40-44,46,49,51-54,56-58,61H,19-26,48H2,1-4H3,(H,59,60)/b6-5+,9-7+,10-8+,13-11+,14-12+,17-15+,18-16+/t27?,28?,29?,30-,31?,33?,34?,35?,36?,37?,38?,40?,41+,42?,43-,44+,46?,47?/m1/s1. The highest BCUT2D eigenvalue weighted by atomic mass is 16.7. The minimum absolute atomic E-state index is 0.201. The summed E-state index contributed by atoms with van der Waals surface area (Å²) in [7, 11) is 0. The van der Waals surface area contributed by atoms with Gasteiger partial charge < -0.3 is 75.7 Å². The Kier molecular flexibility index (Phi) is 23.2. The predicted molar refractivity (Wildman–Crippen MR) is 236 cm³/mol. The van der Waals surface area contributed by atoms with Gasteiger partial charge in [-0.25, -0.2) is 0 Å². The number of allylic oxidation sites excluding steroid dienone is 12. The van der Waals surface area contributed by atoms with Gasteiger partial charge in [-0.15, -0.1) is 0 Å². The van der Waals surface area contributed by atoms with Crippen molar-refractivity contribution in [3.8, 4) is 0 Å². The van der Waals surface area contributed by atoms with Crippen LogP contribution in [-0.2, 0) is 33.3 Å². The van der Waals surface area contributed by atoms with Crippen molar-refractivity contribution < 1.29 is 84.4 Å². The summed E-state index contributed by atoms with van der Waals surface area (Å²) < 4.78 is 23.1. The zero-order valence-corrected chi connectivity index (χ0v) is 37.5. The molecule has 65 heavy (non-hydrogen) atoms. The number of esters is 1. The largest absolute Gasteiger partial charge is 0.481 e. The molecule has 3 heterocycles. The molecule has 14 unspecified atom stereocenters. The number of carboxylic acids is 1. The Morgan fingerprint density at radius 1 is 0.677 bits per heavy atom. The third kappa shape index (κ3) is 18.5. The molecule has 0 amide bonds. The smallest absolute Gasteiger partial charge is 0.311 e. The van der Waals surface area contributed by atoms with Gasteiger partial charge in [-0.3, -0.25) is 14.4 Å². The molecule has 0 saturated carbocycles. The van der Waals surface area contributed by atoms with Crippen molar-refractivity contribution in [2.24, 2.45) is 23.5 Å². The van der Waals surface area contributed by atoms with Gasteiger partial charge in [0.1, 0.15) is 23.9 Å².